The van der Waals surface area contributed by atoms with Crippen LogP contribution in [0.3, 0.4) is 0 Å². The normalized spacial score (nSPS) is 10.8. The molecular weight excluding hydrogens is 232 g/mol. The van der Waals surface area contributed by atoms with Gasteiger partial charge in [-0.25, -0.2) is 0 Å². The van der Waals surface area contributed by atoms with E-state index in [-0.39, 0.29) is 0 Å². The standard InChI is InChI=1S/C14H17ClN2/c1-3-4-7-17-14-11-6-5-8-16-13(11)10(2)9-12(14)15/h5-6,8-9,17H,3-4,7H2,1-2H3. The van der Waals surface area contributed by atoms with Gasteiger partial charge in [0.15, 0.2) is 0 Å². The number of pyridine rings is 1. The molecule has 2 rings (SSSR count). The van der Waals surface area contributed by atoms with Crippen LogP contribution in [0.2, 0.25) is 5.02 Å². The van der Waals surface area contributed by atoms with E-state index in [1.165, 1.54) is 6.42 Å². The highest BCUT2D eigenvalue weighted by atomic mass is 35.5. The second kappa shape index (κ2) is 5.37. The SMILES string of the molecule is CCCCNc1c(Cl)cc(C)c2ncccc12. The lowest BCUT2D eigenvalue weighted by atomic mass is 10.1. The highest BCUT2D eigenvalue weighted by Gasteiger charge is 2.08. The Bertz CT molecular complexity index is 523. The van der Waals surface area contributed by atoms with E-state index < -0.39 is 0 Å². The van der Waals surface area contributed by atoms with E-state index in [0.717, 1.165) is 40.1 Å². The first-order valence-corrected chi connectivity index (χ1v) is 6.39. The van der Waals surface area contributed by atoms with Crippen LogP contribution in [0.15, 0.2) is 24.4 Å². The van der Waals surface area contributed by atoms with Gasteiger partial charge >= 0.3 is 0 Å². The van der Waals surface area contributed by atoms with Gasteiger partial charge < -0.3 is 5.32 Å². The first-order chi connectivity index (χ1) is 8.24. The summed E-state index contributed by atoms with van der Waals surface area (Å²) in [6.45, 7) is 5.17. The maximum absolute atomic E-state index is 6.30. The Balaban J connectivity index is 2.46. The number of fused-ring (bicyclic) bond motifs is 1. The fraction of sp³-hybridized carbons (Fsp3) is 0.357. The zero-order chi connectivity index (χ0) is 12.3. The van der Waals surface area contributed by atoms with Crippen LogP contribution >= 0.6 is 11.6 Å². The van der Waals surface area contributed by atoms with E-state index in [9.17, 15) is 0 Å². The molecule has 0 unspecified atom stereocenters. The lowest BCUT2D eigenvalue weighted by molar-refractivity contribution is 0.835. The van der Waals surface area contributed by atoms with Crippen molar-refractivity contribution in [2.45, 2.75) is 26.7 Å². The number of aromatic nitrogens is 1. The van der Waals surface area contributed by atoms with Gasteiger partial charge in [0, 0.05) is 18.1 Å². The number of aryl methyl sites for hydroxylation is 1. The van der Waals surface area contributed by atoms with Crippen LogP contribution in [0.1, 0.15) is 25.3 Å². The third kappa shape index (κ3) is 2.52. The lowest BCUT2D eigenvalue weighted by Gasteiger charge is -2.12. The van der Waals surface area contributed by atoms with Crippen molar-refractivity contribution in [3.05, 3.63) is 35.0 Å². The minimum atomic E-state index is 0.777. The van der Waals surface area contributed by atoms with Crippen LogP contribution in [0, 0.1) is 6.92 Å². The average molecular weight is 249 g/mol. The van der Waals surface area contributed by atoms with Gasteiger partial charge in [-0.05, 0) is 37.1 Å². The Hall–Kier alpha value is -1.28. The van der Waals surface area contributed by atoms with Crippen molar-refractivity contribution in [1.29, 1.82) is 0 Å². The molecule has 0 fully saturated rings. The molecule has 1 heterocycles. The molecule has 0 aliphatic heterocycles. The molecule has 0 saturated carbocycles. The third-order valence-corrected chi connectivity index (χ3v) is 3.16. The molecule has 2 aromatic rings. The van der Waals surface area contributed by atoms with Gasteiger partial charge in [0.1, 0.15) is 0 Å². The highest BCUT2D eigenvalue weighted by Crippen LogP contribution is 2.32. The molecule has 1 aromatic carbocycles. The van der Waals surface area contributed by atoms with Crippen LogP contribution in [0.5, 0.6) is 0 Å². The summed E-state index contributed by atoms with van der Waals surface area (Å²) in [5, 5.41) is 5.29. The van der Waals surface area contributed by atoms with E-state index in [1.54, 1.807) is 0 Å². The van der Waals surface area contributed by atoms with Crippen molar-refractivity contribution in [2.24, 2.45) is 0 Å². The molecule has 0 radical (unpaired) electrons. The molecule has 0 atom stereocenters. The predicted octanol–water partition coefficient (Wildman–Crippen LogP) is 4.41. The molecule has 0 saturated heterocycles. The molecule has 90 valence electrons. The molecule has 0 bridgehead atoms. The van der Waals surface area contributed by atoms with Crippen molar-refractivity contribution in [3.8, 4) is 0 Å². The van der Waals surface area contributed by atoms with Crippen LogP contribution in [-0.2, 0) is 0 Å². The number of hydrogen-bond donors (Lipinski definition) is 1. The lowest BCUT2D eigenvalue weighted by Crippen LogP contribution is -2.03. The Labute approximate surface area is 107 Å². The second-order valence-corrected chi connectivity index (χ2v) is 4.64. The summed E-state index contributed by atoms with van der Waals surface area (Å²) in [6, 6.07) is 5.99. The number of rotatable bonds is 4. The monoisotopic (exact) mass is 248 g/mol. The maximum Gasteiger partial charge on any atom is 0.0752 e. The van der Waals surface area contributed by atoms with Gasteiger partial charge in [-0.3, -0.25) is 4.98 Å². The number of benzene rings is 1. The Morgan fingerprint density at radius 1 is 1.41 bits per heavy atom. The van der Waals surface area contributed by atoms with Gasteiger partial charge in [-0.15, -0.1) is 0 Å². The highest BCUT2D eigenvalue weighted by molar-refractivity contribution is 6.35. The predicted molar refractivity (Wildman–Crippen MR) is 74.9 cm³/mol. The molecule has 3 heteroatoms. The molecular formula is C14H17ClN2. The topological polar surface area (TPSA) is 24.9 Å². The third-order valence-electron chi connectivity index (χ3n) is 2.86. The van der Waals surface area contributed by atoms with Crippen LogP contribution in [0.4, 0.5) is 5.69 Å². The molecule has 0 spiro atoms. The Morgan fingerprint density at radius 2 is 2.24 bits per heavy atom. The van der Waals surface area contributed by atoms with Gasteiger partial charge in [0.2, 0.25) is 0 Å². The average Bonchev–Trinajstić information content (AvgIpc) is 2.33. The second-order valence-electron chi connectivity index (χ2n) is 4.23. The molecule has 0 aliphatic rings. The van der Waals surface area contributed by atoms with Crippen molar-refractivity contribution in [3.63, 3.8) is 0 Å². The van der Waals surface area contributed by atoms with Gasteiger partial charge in [0.25, 0.3) is 0 Å². The van der Waals surface area contributed by atoms with E-state index in [2.05, 4.69) is 23.3 Å². The molecule has 1 N–H and O–H groups in total. The van der Waals surface area contributed by atoms with Crippen molar-refractivity contribution >= 4 is 28.2 Å². The summed E-state index contributed by atoms with van der Waals surface area (Å²) in [4.78, 5) is 4.41. The van der Waals surface area contributed by atoms with E-state index >= 15 is 0 Å². The summed E-state index contributed by atoms with van der Waals surface area (Å²) >= 11 is 6.30. The van der Waals surface area contributed by atoms with Gasteiger partial charge in [-0.2, -0.15) is 0 Å². The summed E-state index contributed by atoms with van der Waals surface area (Å²) in [7, 11) is 0. The van der Waals surface area contributed by atoms with E-state index in [0.29, 0.717) is 0 Å². The summed E-state index contributed by atoms with van der Waals surface area (Å²) in [6.07, 6.45) is 4.14. The van der Waals surface area contributed by atoms with Crippen molar-refractivity contribution < 1.29 is 0 Å². The molecule has 1 aromatic heterocycles. The summed E-state index contributed by atoms with van der Waals surface area (Å²) in [5.74, 6) is 0. The number of unbranched alkanes of at least 4 members (excludes halogenated alkanes) is 1. The van der Waals surface area contributed by atoms with Gasteiger partial charge in [0.05, 0.1) is 16.2 Å². The Morgan fingerprint density at radius 3 is 3.00 bits per heavy atom. The number of nitrogens with zero attached hydrogens (tertiary/aromatic N) is 1. The number of hydrogen-bond acceptors (Lipinski definition) is 2. The van der Waals surface area contributed by atoms with Crippen LogP contribution < -0.4 is 5.32 Å². The molecule has 2 nitrogen and oxygen atoms in total. The quantitative estimate of drug-likeness (QED) is 0.811. The zero-order valence-corrected chi connectivity index (χ0v) is 11.0. The number of halogens is 1. The molecule has 0 aliphatic carbocycles. The Kier molecular flexibility index (Phi) is 3.85. The van der Waals surface area contributed by atoms with Crippen molar-refractivity contribution in [1.82, 2.24) is 4.98 Å². The molecule has 0 amide bonds. The smallest absolute Gasteiger partial charge is 0.0752 e. The number of anilines is 1. The molecule has 17 heavy (non-hydrogen) atoms. The van der Waals surface area contributed by atoms with Crippen molar-refractivity contribution in [2.75, 3.05) is 11.9 Å². The minimum absolute atomic E-state index is 0.777. The summed E-state index contributed by atoms with van der Waals surface area (Å²) < 4.78 is 0. The largest absolute Gasteiger partial charge is 0.383 e. The fourth-order valence-electron chi connectivity index (χ4n) is 1.95. The zero-order valence-electron chi connectivity index (χ0n) is 10.3. The first-order valence-electron chi connectivity index (χ1n) is 6.01. The first kappa shape index (κ1) is 12.2. The number of nitrogens with one attached hydrogen (secondary N) is 1. The minimum Gasteiger partial charge on any atom is -0.383 e. The summed E-state index contributed by atoms with van der Waals surface area (Å²) in [5.41, 5.74) is 3.15. The van der Waals surface area contributed by atoms with Crippen LogP contribution in [0.25, 0.3) is 10.9 Å². The van der Waals surface area contributed by atoms with Gasteiger partial charge in [-0.1, -0.05) is 24.9 Å². The van der Waals surface area contributed by atoms with E-state index in [1.807, 2.05) is 25.3 Å². The van der Waals surface area contributed by atoms with E-state index in [4.69, 9.17) is 11.6 Å². The van der Waals surface area contributed by atoms with Crippen LogP contribution in [-0.4, -0.2) is 11.5 Å². The maximum atomic E-state index is 6.30. The fourth-order valence-corrected chi connectivity index (χ4v) is 2.28.